The summed E-state index contributed by atoms with van der Waals surface area (Å²) >= 11 is 0. The second-order valence-corrected chi connectivity index (χ2v) is 7.57. The topological polar surface area (TPSA) is 96.7 Å². The summed E-state index contributed by atoms with van der Waals surface area (Å²) in [7, 11) is 0. The third-order valence-corrected chi connectivity index (χ3v) is 5.51. The summed E-state index contributed by atoms with van der Waals surface area (Å²) < 4.78 is 2.02. The van der Waals surface area contributed by atoms with Crippen molar-refractivity contribution in [3.8, 4) is 6.07 Å². The van der Waals surface area contributed by atoms with Gasteiger partial charge in [-0.3, -0.25) is 4.79 Å². The van der Waals surface area contributed by atoms with Crippen LogP contribution in [0.3, 0.4) is 0 Å². The highest BCUT2D eigenvalue weighted by Gasteiger charge is 2.16. The molecule has 6 heteroatoms. The van der Waals surface area contributed by atoms with E-state index >= 15 is 0 Å². The van der Waals surface area contributed by atoms with Gasteiger partial charge in [-0.25, -0.2) is 4.98 Å². The van der Waals surface area contributed by atoms with Crippen LogP contribution in [0.5, 0.6) is 0 Å². The van der Waals surface area contributed by atoms with Crippen LogP contribution in [0.25, 0.3) is 10.9 Å². The fraction of sp³-hybridized carbons (Fsp3) is 0.160. The van der Waals surface area contributed by atoms with Crippen LogP contribution in [0.15, 0.2) is 60.8 Å². The lowest BCUT2D eigenvalue weighted by Gasteiger charge is -2.11. The highest BCUT2D eigenvalue weighted by molar-refractivity contribution is 6.07. The van der Waals surface area contributed by atoms with Crippen LogP contribution < -0.4 is 11.1 Å². The van der Waals surface area contributed by atoms with E-state index in [1.54, 1.807) is 6.07 Å². The number of carbonyl (C=O) groups is 1. The predicted octanol–water partition coefficient (Wildman–Crippen LogP) is 4.09. The van der Waals surface area contributed by atoms with Gasteiger partial charge in [-0.05, 0) is 48.7 Å². The zero-order valence-electron chi connectivity index (χ0n) is 17.5. The predicted molar refractivity (Wildman–Crippen MR) is 121 cm³/mol. The summed E-state index contributed by atoms with van der Waals surface area (Å²) in [5.74, 6) is 0.324. The van der Waals surface area contributed by atoms with Gasteiger partial charge in [0.05, 0.1) is 17.2 Å². The van der Waals surface area contributed by atoms with E-state index in [0.29, 0.717) is 30.0 Å². The van der Waals surface area contributed by atoms with Gasteiger partial charge in [-0.1, -0.05) is 36.4 Å². The Morgan fingerprint density at radius 1 is 1.16 bits per heavy atom. The Balaban J connectivity index is 1.64. The molecule has 2 aromatic carbocycles. The van der Waals surface area contributed by atoms with Crippen molar-refractivity contribution in [2.24, 2.45) is 0 Å². The summed E-state index contributed by atoms with van der Waals surface area (Å²) in [5, 5.41) is 13.3. The first-order valence-electron chi connectivity index (χ1n) is 10.0. The van der Waals surface area contributed by atoms with Crippen molar-refractivity contribution in [1.29, 1.82) is 5.26 Å². The average molecular weight is 409 g/mol. The molecule has 0 radical (unpaired) electrons. The molecule has 1 amide bonds. The van der Waals surface area contributed by atoms with Gasteiger partial charge in [0.25, 0.3) is 5.91 Å². The standard InChI is InChI=1S/C25H23N5O/c1-16-11-24(27)29-17(2)21(16)13-28-25(31)22-15-30(23-10-6-5-9-20(22)23)14-19-8-4-3-7-18(19)12-26/h3-11,15H,13-14H2,1-2H3,(H2,27,29)(H,28,31). The summed E-state index contributed by atoms with van der Waals surface area (Å²) in [6.45, 7) is 4.74. The molecule has 3 N–H and O–H groups in total. The Morgan fingerprint density at radius 3 is 2.68 bits per heavy atom. The number of nitrogens with one attached hydrogen (secondary N) is 1. The van der Waals surface area contributed by atoms with E-state index in [9.17, 15) is 10.1 Å². The number of hydrogen-bond donors (Lipinski definition) is 2. The zero-order valence-corrected chi connectivity index (χ0v) is 17.5. The number of carbonyl (C=O) groups excluding carboxylic acids is 1. The summed E-state index contributed by atoms with van der Waals surface area (Å²) in [6.07, 6.45) is 1.86. The largest absolute Gasteiger partial charge is 0.384 e. The number of hydrogen-bond acceptors (Lipinski definition) is 4. The van der Waals surface area contributed by atoms with Crippen molar-refractivity contribution in [2.75, 3.05) is 5.73 Å². The molecule has 0 bridgehead atoms. The van der Waals surface area contributed by atoms with Crippen LogP contribution >= 0.6 is 0 Å². The molecule has 6 nitrogen and oxygen atoms in total. The molecule has 0 unspecified atom stereocenters. The Morgan fingerprint density at radius 2 is 1.90 bits per heavy atom. The highest BCUT2D eigenvalue weighted by Crippen LogP contribution is 2.24. The number of amides is 1. The number of nitrogens with two attached hydrogens (primary N) is 1. The van der Waals surface area contributed by atoms with Gasteiger partial charge in [0, 0.05) is 35.9 Å². The van der Waals surface area contributed by atoms with Gasteiger partial charge < -0.3 is 15.6 Å². The molecule has 154 valence electrons. The summed E-state index contributed by atoms with van der Waals surface area (Å²) in [4.78, 5) is 17.4. The molecule has 0 fully saturated rings. The van der Waals surface area contributed by atoms with Crippen LogP contribution in [-0.4, -0.2) is 15.5 Å². The fourth-order valence-corrected chi connectivity index (χ4v) is 3.93. The number of pyridine rings is 1. The molecule has 2 aromatic heterocycles. The van der Waals surface area contributed by atoms with Crippen LogP contribution in [0, 0.1) is 25.2 Å². The molecule has 4 aromatic rings. The van der Waals surface area contributed by atoms with E-state index in [0.717, 1.165) is 33.3 Å². The van der Waals surface area contributed by atoms with E-state index < -0.39 is 0 Å². The van der Waals surface area contributed by atoms with Gasteiger partial charge in [0.1, 0.15) is 5.82 Å². The lowest BCUT2D eigenvalue weighted by molar-refractivity contribution is 0.0952. The second kappa shape index (κ2) is 8.33. The maximum absolute atomic E-state index is 13.1. The van der Waals surface area contributed by atoms with Crippen molar-refractivity contribution in [3.05, 3.63) is 94.3 Å². The monoisotopic (exact) mass is 409 g/mol. The molecule has 0 saturated heterocycles. The quantitative estimate of drug-likeness (QED) is 0.519. The average Bonchev–Trinajstić information content (AvgIpc) is 3.12. The van der Waals surface area contributed by atoms with Crippen molar-refractivity contribution in [2.45, 2.75) is 26.9 Å². The minimum Gasteiger partial charge on any atom is -0.384 e. The Hall–Kier alpha value is -4.11. The number of nitriles is 1. The molecule has 4 rings (SSSR count). The first-order valence-corrected chi connectivity index (χ1v) is 10.0. The first kappa shape index (κ1) is 20.2. The smallest absolute Gasteiger partial charge is 0.253 e. The summed E-state index contributed by atoms with van der Waals surface area (Å²) in [5.41, 5.74) is 11.7. The van der Waals surface area contributed by atoms with Gasteiger partial charge in [0.2, 0.25) is 0 Å². The first-order chi connectivity index (χ1) is 15.0. The summed E-state index contributed by atoms with van der Waals surface area (Å²) in [6, 6.07) is 19.4. The molecule has 0 atom stereocenters. The van der Waals surface area contributed by atoms with E-state index in [4.69, 9.17) is 5.73 Å². The molecule has 0 spiro atoms. The lowest BCUT2D eigenvalue weighted by Crippen LogP contribution is -2.24. The molecule has 0 aliphatic rings. The number of anilines is 1. The Kier molecular flexibility index (Phi) is 5.42. The van der Waals surface area contributed by atoms with Gasteiger partial charge in [-0.2, -0.15) is 5.26 Å². The maximum atomic E-state index is 13.1. The lowest BCUT2D eigenvalue weighted by atomic mass is 10.1. The number of benzene rings is 2. The fourth-order valence-electron chi connectivity index (χ4n) is 3.93. The third-order valence-electron chi connectivity index (χ3n) is 5.51. The maximum Gasteiger partial charge on any atom is 0.253 e. The van der Waals surface area contributed by atoms with Gasteiger partial charge >= 0.3 is 0 Å². The number of aromatic nitrogens is 2. The van der Waals surface area contributed by atoms with Crippen molar-refractivity contribution >= 4 is 22.6 Å². The number of rotatable bonds is 5. The van der Waals surface area contributed by atoms with E-state index in [2.05, 4.69) is 16.4 Å². The van der Waals surface area contributed by atoms with E-state index in [1.165, 1.54) is 0 Å². The van der Waals surface area contributed by atoms with E-state index in [1.807, 2.05) is 73.1 Å². The minimum absolute atomic E-state index is 0.154. The van der Waals surface area contributed by atoms with Gasteiger partial charge in [-0.15, -0.1) is 0 Å². The van der Waals surface area contributed by atoms with Crippen LogP contribution in [0.1, 0.15) is 38.3 Å². The van der Waals surface area contributed by atoms with Crippen LogP contribution in [0.4, 0.5) is 5.82 Å². The van der Waals surface area contributed by atoms with Crippen molar-refractivity contribution < 1.29 is 4.79 Å². The minimum atomic E-state index is -0.154. The SMILES string of the molecule is Cc1cc(N)nc(C)c1CNC(=O)c1cn(Cc2ccccc2C#N)c2ccccc12. The number of para-hydroxylation sites is 1. The van der Waals surface area contributed by atoms with Gasteiger partial charge in [0.15, 0.2) is 0 Å². The molecule has 2 heterocycles. The highest BCUT2D eigenvalue weighted by atomic mass is 16.1. The molecule has 0 saturated carbocycles. The number of nitrogens with zero attached hydrogens (tertiary/aromatic N) is 3. The second-order valence-electron chi connectivity index (χ2n) is 7.57. The molecule has 0 aliphatic carbocycles. The zero-order chi connectivity index (χ0) is 22.0. The molecule has 0 aliphatic heterocycles. The number of fused-ring (bicyclic) bond motifs is 1. The van der Waals surface area contributed by atoms with Crippen LogP contribution in [-0.2, 0) is 13.1 Å². The van der Waals surface area contributed by atoms with Crippen molar-refractivity contribution in [3.63, 3.8) is 0 Å². The molecular weight excluding hydrogens is 386 g/mol. The number of nitrogen functional groups attached to an aromatic ring is 1. The third kappa shape index (κ3) is 3.99. The van der Waals surface area contributed by atoms with Crippen molar-refractivity contribution in [1.82, 2.24) is 14.9 Å². The number of aryl methyl sites for hydroxylation is 2. The normalized spacial score (nSPS) is 10.7. The van der Waals surface area contributed by atoms with E-state index in [-0.39, 0.29) is 5.91 Å². The Labute approximate surface area is 180 Å². The molecule has 31 heavy (non-hydrogen) atoms. The Bertz CT molecular complexity index is 1310. The molecular formula is C25H23N5O. The van der Waals surface area contributed by atoms with Crippen LogP contribution in [0.2, 0.25) is 0 Å².